The van der Waals surface area contributed by atoms with Crippen LogP contribution in [0.15, 0.2) is 48.5 Å². The van der Waals surface area contributed by atoms with Crippen LogP contribution in [0.5, 0.6) is 0 Å². The SMILES string of the molecule is CCCC(=O)Nc1ccc(NC(=O)CNc2cccc(C(=O)NC(C)(C)C)c2)cc1. The highest BCUT2D eigenvalue weighted by atomic mass is 16.2. The molecule has 0 fully saturated rings. The maximum absolute atomic E-state index is 12.3. The molecule has 0 radical (unpaired) electrons. The lowest BCUT2D eigenvalue weighted by Crippen LogP contribution is -2.40. The molecular weight excluding hydrogens is 380 g/mol. The Kier molecular flexibility index (Phi) is 7.98. The molecule has 2 rings (SSSR count). The van der Waals surface area contributed by atoms with Gasteiger partial charge in [0.1, 0.15) is 0 Å². The van der Waals surface area contributed by atoms with Gasteiger partial charge in [-0.25, -0.2) is 0 Å². The summed E-state index contributed by atoms with van der Waals surface area (Å²) in [6.07, 6.45) is 1.26. The first-order valence-corrected chi connectivity index (χ1v) is 10.0. The average molecular weight is 411 g/mol. The predicted octanol–water partition coefficient (Wildman–Crippen LogP) is 4.00. The molecule has 0 bridgehead atoms. The number of amides is 3. The van der Waals surface area contributed by atoms with Crippen LogP contribution in [0.3, 0.4) is 0 Å². The van der Waals surface area contributed by atoms with Crippen molar-refractivity contribution in [3.63, 3.8) is 0 Å². The van der Waals surface area contributed by atoms with Crippen molar-refractivity contribution in [1.82, 2.24) is 5.32 Å². The highest BCUT2D eigenvalue weighted by Crippen LogP contribution is 2.15. The molecule has 2 aromatic rings. The van der Waals surface area contributed by atoms with Crippen molar-refractivity contribution in [3.8, 4) is 0 Å². The molecule has 7 heteroatoms. The first-order chi connectivity index (χ1) is 14.2. The predicted molar refractivity (Wildman–Crippen MR) is 121 cm³/mol. The third kappa shape index (κ3) is 7.95. The summed E-state index contributed by atoms with van der Waals surface area (Å²) < 4.78 is 0. The quantitative estimate of drug-likeness (QED) is 0.528. The maximum Gasteiger partial charge on any atom is 0.251 e. The van der Waals surface area contributed by atoms with E-state index in [2.05, 4.69) is 21.3 Å². The van der Waals surface area contributed by atoms with E-state index in [1.54, 1.807) is 48.5 Å². The molecule has 0 unspecified atom stereocenters. The minimum absolute atomic E-state index is 0.0307. The molecule has 7 nitrogen and oxygen atoms in total. The van der Waals surface area contributed by atoms with Gasteiger partial charge in [0.2, 0.25) is 11.8 Å². The van der Waals surface area contributed by atoms with Gasteiger partial charge < -0.3 is 21.3 Å². The van der Waals surface area contributed by atoms with Crippen LogP contribution in [0.2, 0.25) is 0 Å². The highest BCUT2D eigenvalue weighted by molar-refractivity contribution is 5.97. The van der Waals surface area contributed by atoms with Crippen LogP contribution in [0.1, 0.15) is 50.9 Å². The van der Waals surface area contributed by atoms with Crippen LogP contribution < -0.4 is 21.3 Å². The number of nitrogens with one attached hydrogen (secondary N) is 4. The maximum atomic E-state index is 12.3. The molecule has 0 aliphatic rings. The zero-order chi connectivity index (χ0) is 22.1. The van der Waals surface area contributed by atoms with Gasteiger partial charge in [-0.15, -0.1) is 0 Å². The van der Waals surface area contributed by atoms with Crippen LogP contribution in [0.4, 0.5) is 17.1 Å². The number of hydrogen-bond acceptors (Lipinski definition) is 4. The lowest BCUT2D eigenvalue weighted by atomic mass is 10.1. The number of anilines is 3. The lowest BCUT2D eigenvalue weighted by Gasteiger charge is -2.20. The van der Waals surface area contributed by atoms with Gasteiger partial charge in [0.05, 0.1) is 6.54 Å². The summed E-state index contributed by atoms with van der Waals surface area (Å²) in [4.78, 5) is 36.1. The fourth-order valence-corrected chi connectivity index (χ4v) is 2.66. The van der Waals surface area contributed by atoms with Gasteiger partial charge in [-0.05, 0) is 69.7 Å². The van der Waals surface area contributed by atoms with Crippen molar-refractivity contribution in [2.24, 2.45) is 0 Å². The fourth-order valence-electron chi connectivity index (χ4n) is 2.66. The second-order valence-electron chi connectivity index (χ2n) is 8.06. The first kappa shape index (κ1) is 22.9. The van der Waals surface area contributed by atoms with E-state index >= 15 is 0 Å². The molecule has 0 saturated carbocycles. The van der Waals surface area contributed by atoms with Gasteiger partial charge in [-0.1, -0.05) is 13.0 Å². The fraction of sp³-hybridized carbons (Fsp3) is 0.348. The molecule has 0 saturated heterocycles. The Morgan fingerprint density at radius 2 is 1.43 bits per heavy atom. The van der Waals surface area contributed by atoms with Crippen LogP contribution in [0.25, 0.3) is 0 Å². The zero-order valence-electron chi connectivity index (χ0n) is 18.0. The second-order valence-corrected chi connectivity index (χ2v) is 8.06. The average Bonchev–Trinajstić information content (AvgIpc) is 2.67. The summed E-state index contributed by atoms with van der Waals surface area (Å²) in [7, 11) is 0. The molecular formula is C23H30N4O3. The van der Waals surface area contributed by atoms with E-state index in [-0.39, 0.29) is 29.8 Å². The zero-order valence-corrected chi connectivity index (χ0v) is 18.0. The summed E-state index contributed by atoms with van der Waals surface area (Å²) in [5, 5.41) is 11.5. The number of carbonyl (C=O) groups is 3. The van der Waals surface area contributed by atoms with Gasteiger partial charge in [0.15, 0.2) is 0 Å². The van der Waals surface area contributed by atoms with Gasteiger partial charge in [0, 0.05) is 34.6 Å². The Bertz CT molecular complexity index is 886. The molecule has 0 aromatic heterocycles. The molecule has 30 heavy (non-hydrogen) atoms. The van der Waals surface area contributed by atoms with E-state index in [9.17, 15) is 14.4 Å². The van der Waals surface area contributed by atoms with Gasteiger partial charge >= 0.3 is 0 Å². The standard InChI is InChI=1S/C23H30N4O3/c1-5-7-20(28)25-17-10-12-18(13-11-17)26-21(29)15-24-19-9-6-8-16(14-19)22(30)27-23(2,3)4/h6,8-14,24H,5,7,15H2,1-4H3,(H,25,28)(H,26,29)(H,27,30). The van der Waals surface area contributed by atoms with E-state index in [0.29, 0.717) is 29.0 Å². The van der Waals surface area contributed by atoms with E-state index in [1.165, 1.54) is 0 Å². The van der Waals surface area contributed by atoms with Gasteiger partial charge in [-0.2, -0.15) is 0 Å². The van der Waals surface area contributed by atoms with Crippen LogP contribution in [0, 0.1) is 0 Å². The van der Waals surface area contributed by atoms with E-state index < -0.39 is 0 Å². The molecule has 4 N–H and O–H groups in total. The largest absolute Gasteiger partial charge is 0.376 e. The number of benzene rings is 2. The molecule has 0 aliphatic carbocycles. The van der Waals surface area contributed by atoms with Gasteiger partial charge in [-0.3, -0.25) is 14.4 Å². The van der Waals surface area contributed by atoms with Gasteiger partial charge in [0.25, 0.3) is 5.91 Å². The van der Waals surface area contributed by atoms with Crippen molar-refractivity contribution >= 4 is 34.8 Å². The third-order valence-electron chi connectivity index (χ3n) is 4.00. The Morgan fingerprint density at radius 1 is 0.833 bits per heavy atom. The number of hydrogen-bond donors (Lipinski definition) is 4. The third-order valence-corrected chi connectivity index (χ3v) is 4.00. The van der Waals surface area contributed by atoms with Crippen molar-refractivity contribution in [1.29, 1.82) is 0 Å². The molecule has 160 valence electrons. The Hall–Kier alpha value is -3.35. The molecule has 0 aliphatic heterocycles. The van der Waals surface area contributed by atoms with Crippen molar-refractivity contribution in [3.05, 3.63) is 54.1 Å². The summed E-state index contributed by atoms with van der Waals surface area (Å²) in [5.74, 6) is -0.416. The van der Waals surface area contributed by atoms with Crippen molar-refractivity contribution < 1.29 is 14.4 Å². The minimum Gasteiger partial charge on any atom is -0.376 e. The minimum atomic E-state index is -0.325. The van der Waals surface area contributed by atoms with E-state index in [0.717, 1.165) is 6.42 Å². The molecule has 3 amide bonds. The molecule has 2 aromatic carbocycles. The topological polar surface area (TPSA) is 99.3 Å². The summed E-state index contributed by atoms with van der Waals surface area (Å²) in [5.41, 5.74) is 2.20. The Labute approximate surface area is 177 Å². The lowest BCUT2D eigenvalue weighted by molar-refractivity contribution is -0.116. The first-order valence-electron chi connectivity index (χ1n) is 10.0. The summed E-state index contributed by atoms with van der Waals surface area (Å²) in [6.45, 7) is 7.76. The van der Waals surface area contributed by atoms with E-state index in [4.69, 9.17) is 0 Å². The molecule has 0 atom stereocenters. The Balaban J connectivity index is 1.87. The second kappa shape index (κ2) is 10.4. The van der Waals surface area contributed by atoms with Crippen molar-refractivity contribution in [2.75, 3.05) is 22.5 Å². The molecule has 0 heterocycles. The monoisotopic (exact) mass is 410 g/mol. The van der Waals surface area contributed by atoms with Crippen LogP contribution in [-0.2, 0) is 9.59 Å². The molecule has 0 spiro atoms. The highest BCUT2D eigenvalue weighted by Gasteiger charge is 2.15. The number of rotatable bonds is 8. The normalized spacial score (nSPS) is 10.8. The van der Waals surface area contributed by atoms with Crippen molar-refractivity contribution in [2.45, 2.75) is 46.1 Å². The van der Waals surface area contributed by atoms with Crippen LogP contribution in [-0.4, -0.2) is 29.8 Å². The Morgan fingerprint density at radius 3 is 2.00 bits per heavy atom. The van der Waals surface area contributed by atoms with E-state index in [1.807, 2.05) is 27.7 Å². The summed E-state index contributed by atoms with van der Waals surface area (Å²) >= 11 is 0. The summed E-state index contributed by atoms with van der Waals surface area (Å²) in [6, 6.07) is 14.0. The van der Waals surface area contributed by atoms with Crippen LogP contribution >= 0.6 is 0 Å². The smallest absolute Gasteiger partial charge is 0.251 e. The number of carbonyl (C=O) groups excluding carboxylic acids is 3.